The molecule has 0 fully saturated rings. The van der Waals surface area contributed by atoms with Crippen molar-refractivity contribution >= 4 is 16.9 Å². The molecule has 0 aliphatic carbocycles. The Hall–Kier alpha value is -3.68. The van der Waals surface area contributed by atoms with Crippen molar-refractivity contribution in [2.75, 3.05) is 20.7 Å². The van der Waals surface area contributed by atoms with Crippen molar-refractivity contribution in [1.29, 1.82) is 5.26 Å². The van der Waals surface area contributed by atoms with Crippen LogP contribution in [0.5, 0.6) is 5.75 Å². The Kier molecular flexibility index (Phi) is 6.62. The molecule has 1 aromatic carbocycles. The molecule has 0 bridgehead atoms. The third-order valence-corrected chi connectivity index (χ3v) is 4.83. The molecule has 0 radical (unpaired) electrons. The third kappa shape index (κ3) is 4.96. The maximum atomic E-state index is 13.7. The maximum Gasteiger partial charge on any atom is 0.419 e. The summed E-state index contributed by atoms with van der Waals surface area (Å²) in [6, 6.07) is 7.08. The number of hydrogen-bond donors (Lipinski definition) is 0. The summed E-state index contributed by atoms with van der Waals surface area (Å²) in [6.45, 7) is 0.0482. The molecule has 0 saturated heterocycles. The van der Waals surface area contributed by atoms with E-state index in [9.17, 15) is 23.2 Å². The van der Waals surface area contributed by atoms with Gasteiger partial charge >= 0.3 is 6.18 Å². The third-order valence-electron chi connectivity index (χ3n) is 4.83. The monoisotopic (exact) mass is 446 g/mol. The number of benzene rings is 1. The Morgan fingerprint density at radius 2 is 2.00 bits per heavy atom. The number of carbonyl (C=O) groups is 1. The summed E-state index contributed by atoms with van der Waals surface area (Å²) in [5, 5.41) is 17.0. The van der Waals surface area contributed by atoms with Crippen LogP contribution in [0.1, 0.15) is 30.5 Å². The minimum Gasteiger partial charge on any atom is -0.493 e. The first kappa shape index (κ1) is 23.0. The molecule has 11 heteroatoms. The van der Waals surface area contributed by atoms with Crippen LogP contribution in [-0.2, 0) is 18.0 Å². The number of nitriles is 1. The fourth-order valence-electron chi connectivity index (χ4n) is 3.08. The van der Waals surface area contributed by atoms with E-state index < -0.39 is 11.7 Å². The predicted molar refractivity (Wildman–Crippen MR) is 109 cm³/mol. The average Bonchev–Trinajstić information content (AvgIpc) is 3.12. The van der Waals surface area contributed by atoms with Gasteiger partial charge in [0.2, 0.25) is 5.91 Å². The molecule has 0 spiro atoms. The topological polar surface area (TPSA) is 96.9 Å². The molecule has 2 heterocycles. The zero-order valence-electron chi connectivity index (χ0n) is 17.8. The molecular weight excluding hydrogens is 425 g/mol. The van der Waals surface area contributed by atoms with E-state index in [1.54, 1.807) is 21.1 Å². The quantitative estimate of drug-likeness (QED) is 0.515. The summed E-state index contributed by atoms with van der Waals surface area (Å²) in [7, 11) is 4.91. The lowest BCUT2D eigenvalue weighted by atomic mass is 10.1. The van der Waals surface area contributed by atoms with Gasteiger partial charge in [-0.3, -0.25) is 4.79 Å². The molecule has 0 atom stereocenters. The molecule has 1 amide bonds. The normalized spacial score (nSPS) is 11.4. The van der Waals surface area contributed by atoms with Gasteiger partial charge in [0.15, 0.2) is 5.69 Å². The fourth-order valence-corrected chi connectivity index (χ4v) is 3.08. The van der Waals surface area contributed by atoms with Gasteiger partial charge in [-0.25, -0.2) is 9.67 Å². The summed E-state index contributed by atoms with van der Waals surface area (Å²) in [4.78, 5) is 17.2. The number of carbonyl (C=O) groups excluding carboxylic acids is 1. The van der Waals surface area contributed by atoms with Crippen LogP contribution in [-0.4, -0.2) is 51.5 Å². The van der Waals surface area contributed by atoms with E-state index in [1.807, 2.05) is 6.07 Å². The number of alkyl halides is 3. The van der Waals surface area contributed by atoms with Gasteiger partial charge in [-0.15, -0.1) is 5.10 Å². The second-order valence-electron chi connectivity index (χ2n) is 7.35. The van der Waals surface area contributed by atoms with Gasteiger partial charge in [-0.05, 0) is 37.1 Å². The molecule has 0 unspecified atom stereocenters. The number of nitrogens with zero attached hydrogens (tertiary/aromatic N) is 6. The van der Waals surface area contributed by atoms with E-state index in [1.165, 1.54) is 27.8 Å². The SMILES string of the molecule is CN(C)C(=O)CCCCOc1ccc(-c2cc3c(nnn3C)c(C#N)n2)cc1C(F)(F)F. The van der Waals surface area contributed by atoms with Crippen molar-refractivity contribution in [3.63, 3.8) is 0 Å². The first-order valence-corrected chi connectivity index (χ1v) is 9.77. The molecular formula is C21H21F3N6O2. The molecule has 168 valence electrons. The van der Waals surface area contributed by atoms with Crippen LogP contribution in [0.3, 0.4) is 0 Å². The highest BCUT2D eigenvalue weighted by Crippen LogP contribution is 2.39. The van der Waals surface area contributed by atoms with Crippen LogP contribution in [0, 0.1) is 11.3 Å². The van der Waals surface area contributed by atoms with Gasteiger partial charge in [0.1, 0.15) is 17.3 Å². The van der Waals surface area contributed by atoms with Gasteiger partial charge in [0.25, 0.3) is 0 Å². The Labute approximate surface area is 182 Å². The van der Waals surface area contributed by atoms with E-state index >= 15 is 0 Å². The largest absolute Gasteiger partial charge is 0.493 e. The summed E-state index contributed by atoms with van der Waals surface area (Å²) in [5.74, 6) is -0.348. The second-order valence-corrected chi connectivity index (χ2v) is 7.35. The van der Waals surface area contributed by atoms with Crippen molar-refractivity contribution in [3.8, 4) is 23.1 Å². The number of amides is 1. The minimum absolute atomic E-state index is 0.0215. The van der Waals surface area contributed by atoms with Crippen LogP contribution >= 0.6 is 0 Å². The van der Waals surface area contributed by atoms with Crippen molar-refractivity contribution in [2.24, 2.45) is 7.05 Å². The first-order chi connectivity index (χ1) is 15.1. The van der Waals surface area contributed by atoms with Gasteiger partial charge in [-0.2, -0.15) is 18.4 Å². The fraction of sp³-hybridized carbons (Fsp3) is 0.381. The summed E-state index contributed by atoms with van der Waals surface area (Å²) in [6.07, 6.45) is -3.39. The number of rotatable bonds is 7. The summed E-state index contributed by atoms with van der Waals surface area (Å²) in [5.41, 5.74) is 0.171. The zero-order chi connectivity index (χ0) is 23.5. The van der Waals surface area contributed by atoms with Crippen molar-refractivity contribution in [1.82, 2.24) is 24.9 Å². The smallest absolute Gasteiger partial charge is 0.419 e. The lowest BCUT2D eigenvalue weighted by Gasteiger charge is -2.16. The van der Waals surface area contributed by atoms with Crippen molar-refractivity contribution < 1.29 is 22.7 Å². The standard InChI is InChI=1S/C21H21F3N6O2/c1-29(2)19(31)6-4-5-9-32-18-8-7-13(10-14(18)21(22,23)24)15-11-17-20(16(12-25)26-15)27-28-30(17)3/h7-8,10-11H,4-6,9H2,1-3H3. The van der Waals surface area contributed by atoms with Crippen LogP contribution in [0.4, 0.5) is 13.2 Å². The number of hydrogen-bond acceptors (Lipinski definition) is 6. The number of fused-ring (bicyclic) bond motifs is 1. The van der Waals surface area contributed by atoms with Gasteiger partial charge in [-0.1, -0.05) is 5.21 Å². The van der Waals surface area contributed by atoms with Crippen LogP contribution in [0.15, 0.2) is 24.3 Å². The Morgan fingerprint density at radius 1 is 1.25 bits per heavy atom. The first-order valence-electron chi connectivity index (χ1n) is 9.77. The zero-order valence-corrected chi connectivity index (χ0v) is 17.8. The number of ether oxygens (including phenoxy) is 1. The minimum atomic E-state index is -4.65. The maximum absolute atomic E-state index is 13.7. The van der Waals surface area contributed by atoms with E-state index in [0.717, 1.165) is 6.07 Å². The van der Waals surface area contributed by atoms with Crippen LogP contribution in [0.2, 0.25) is 0 Å². The van der Waals surface area contributed by atoms with Crippen LogP contribution < -0.4 is 4.74 Å². The number of pyridine rings is 1. The lowest BCUT2D eigenvalue weighted by Crippen LogP contribution is -2.21. The Balaban J connectivity index is 1.85. The molecule has 8 nitrogen and oxygen atoms in total. The van der Waals surface area contributed by atoms with E-state index in [4.69, 9.17) is 4.74 Å². The second kappa shape index (κ2) is 9.21. The predicted octanol–water partition coefficient (Wildman–Crippen LogP) is 3.56. The molecule has 0 aliphatic heterocycles. The molecule has 0 saturated carbocycles. The van der Waals surface area contributed by atoms with E-state index in [0.29, 0.717) is 24.8 Å². The number of halogens is 3. The van der Waals surface area contributed by atoms with Gasteiger partial charge < -0.3 is 9.64 Å². The number of unbranched alkanes of at least 4 members (excludes halogenated alkanes) is 1. The average molecular weight is 446 g/mol. The van der Waals surface area contributed by atoms with Gasteiger partial charge in [0.05, 0.1) is 23.4 Å². The molecule has 3 rings (SSSR count). The number of aromatic nitrogens is 4. The number of aryl methyl sites for hydroxylation is 1. The molecule has 3 aromatic rings. The lowest BCUT2D eigenvalue weighted by molar-refractivity contribution is -0.138. The Bertz CT molecular complexity index is 1180. The highest BCUT2D eigenvalue weighted by atomic mass is 19.4. The van der Waals surface area contributed by atoms with Crippen molar-refractivity contribution in [3.05, 3.63) is 35.5 Å². The Morgan fingerprint density at radius 3 is 2.66 bits per heavy atom. The molecule has 2 aromatic heterocycles. The molecule has 0 aliphatic rings. The van der Waals surface area contributed by atoms with E-state index in [2.05, 4.69) is 15.3 Å². The van der Waals surface area contributed by atoms with Gasteiger partial charge in [0, 0.05) is 33.1 Å². The molecule has 0 N–H and O–H groups in total. The summed E-state index contributed by atoms with van der Waals surface area (Å²) >= 11 is 0. The highest BCUT2D eigenvalue weighted by Gasteiger charge is 2.35. The summed E-state index contributed by atoms with van der Waals surface area (Å²) < 4.78 is 47.9. The molecule has 32 heavy (non-hydrogen) atoms. The van der Waals surface area contributed by atoms with E-state index in [-0.39, 0.29) is 40.7 Å². The van der Waals surface area contributed by atoms with Crippen LogP contribution in [0.25, 0.3) is 22.3 Å². The van der Waals surface area contributed by atoms with Crippen molar-refractivity contribution in [2.45, 2.75) is 25.4 Å². The highest BCUT2D eigenvalue weighted by molar-refractivity contribution is 5.83.